The molecule has 4 aromatic heterocycles. The minimum Gasteiger partial charge on any atom is -0.492 e. The van der Waals surface area contributed by atoms with E-state index in [2.05, 4.69) is 54.5 Å². The lowest BCUT2D eigenvalue weighted by Gasteiger charge is -2.11. The number of likely N-dealkylation sites (N-methyl/N-ethyl adjacent to an activating group) is 1. The fourth-order valence-corrected chi connectivity index (χ4v) is 3.92. The van der Waals surface area contributed by atoms with Crippen LogP contribution in [0.15, 0.2) is 73.6 Å². The summed E-state index contributed by atoms with van der Waals surface area (Å²) < 4.78 is 9.61. The zero-order valence-electron chi connectivity index (χ0n) is 20.7. The van der Waals surface area contributed by atoms with Crippen molar-refractivity contribution >= 4 is 11.5 Å². The first-order chi connectivity index (χ1) is 18.1. The van der Waals surface area contributed by atoms with Crippen molar-refractivity contribution in [3.05, 3.63) is 90.6 Å². The van der Waals surface area contributed by atoms with E-state index >= 15 is 0 Å². The lowest BCUT2D eigenvalue weighted by molar-refractivity contribution is 0.249. The largest absolute Gasteiger partial charge is 0.492 e. The standard InChI is InChI=1S/C27H27N9O/c1-28-19-34(2)10-11-37-23-8-9-36-25(16-30-27(36)12-23)24-13-26(32-18-31-24)29-14-20-4-6-21(7-5-20)22-15-33-35(3)17-22/h4-9,12-13,15-18H,10-11,14,19H2,2-3H3,(H,29,31,32). The maximum absolute atomic E-state index is 6.92. The molecular formula is C27H27N9O. The molecule has 10 heteroatoms. The van der Waals surface area contributed by atoms with Crippen LogP contribution < -0.4 is 10.1 Å². The zero-order chi connectivity index (χ0) is 25.6. The van der Waals surface area contributed by atoms with Crippen molar-refractivity contribution in [3.8, 4) is 28.3 Å². The molecule has 0 atom stereocenters. The number of aryl methyl sites for hydroxylation is 1. The first-order valence-electron chi connectivity index (χ1n) is 11.8. The molecule has 0 aliphatic rings. The number of aromatic nitrogens is 6. The molecule has 0 aliphatic heterocycles. The molecule has 10 nitrogen and oxygen atoms in total. The Bertz CT molecular complexity index is 1530. The number of pyridine rings is 1. The highest BCUT2D eigenvalue weighted by Gasteiger charge is 2.10. The summed E-state index contributed by atoms with van der Waals surface area (Å²) in [7, 11) is 3.81. The molecule has 0 unspecified atom stereocenters. The van der Waals surface area contributed by atoms with Gasteiger partial charge < -0.3 is 10.1 Å². The van der Waals surface area contributed by atoms with E-state index in [0.717, 1.165) is 45.3 Å². The summed E-state index contributed by atoms with van der Waals surface area (Å²) in [5.74, 6) is 1.47. The maximum Gasteiger partial charge on any atom is 0.270 e. The lowest BCUT2D eigenvalue weighted by atomic mass is 10.1. The van der Waals surface area contributed by atoms with E-state index in [1.807, 2.05) is 60.2 Å². The topological polar surface area (TPSA) is 89.8 Å². The van der Waals surface area contributed by atoms with Crippen LogP contribution in [0.1, 0.15) is 5.56 Å². The molecule has 0 aliphatic carbocycles. The van der Waals surface area contributed by atoms with Crippen molar-refractivity contribution in [2.75, 3.05) is 32.2 Å². The molecule has 0 saturated carbocycles. The number of nitrogens with zero attached hydrogens (tertiary/aromatic N) is 8. The molecule has 0 radical (unpaired) electrons. The zero-order valence-corrected chi connectivity index (χ0v) is 20.7. The van der Waals surface area contributed by atoms with Gasteiger partial charge in [0.1, 0.15) is 30.1 Å². The van der Waals surface area contributed by atoms with E-state index in [1.54, 1.807) is 17.2 Å². The number of hydrogen-bond acceptors (Lipinski definition) is 7. The van der Waals surface area contributed by atoms with Gasteiger partial charge in [0.25, 0.3) is 6.67 Å². The van der Waals surface area contributed by atoms with Crippen molar-refractivity contribution in [1.29, 1.82) is 0 Å². The van der Waals surface area contributed by atoms with Crippen molar-refractivity contribution in [3.63, 3.8) is 0 Å². The molecule has 0 amide bonds. The number of imidazole rings is 1. The van der Waals surface area contributed by atoms with E-state index in [9.17, 15) is 0 Å². The monoisotopic (exact) mass is 493 g/mol. The second-order valence-electron chi connectivity index (χ2n) is 8.70. The molecule has 0 bridgehead atoms. The third-order valence-corrected chi connectivity index (χ3v) is 5.93. The summed E-state index contributed by atoms with van der Waals surface area (Å²) in [5.41, 5.74) is 5.78. The van der Waals surface area contributed by atoms with E-state index in [0.29, 0.717) is 26.4 Å². The molecule has 4 heterocycles. The fourth-order valence-electron chi connectivity index (χ4n) is 3.92. The van der Waals surface area contributed by atoms with Gasteiger partial charge in [-0.3, -0.25) is 13.9 Å². The van der Waals surface area contributed by atoms with Gasteiger partial charge in [0.15, 0.2) is 0 Å². The molecular weight excluding hydrogens is 466 g/mol. The normalized spacial score (nSPS) is 11.1. The van der Waals surface area contributed by atoms with E-state index in [-0.39, 0.29) is 0 Å². The SMILES string of the molecule is [C-]#[N+]CN(C)CCOc1ccn2c(-c3cc(NCc4ccc(-c5cnn(C)c5)cc4)ncn3)cnc2c1. The Morgan fingerprint density at radius 2 is 1.92 bits per heavy atom. The van der Waals surface area contributed by atoms with Gasteiger partial charge in [-0.05, 0) is 24.2 Å². The first-order valence-corrected chi connectivity index (χ1v) is 11.8. The van der Waals surface area contributed by atoms with Crippen LogP contribution in [-0.4, -0.2) is 60.9 Å². The van der Waals surface area contributed by atoms with Gasteiger partial charge >= 0.3 is 0 Å². The third kappa shape index (κ3) is 5.74. The van der Waals surface area contributed by atoms with Crippen molar-refractivity contribution in [2.24, 2.45) is 7.05 Å². The average Bonchev–Trinajstić information content (AvgIpc) is 3.54. The molecule has 37 heavy (non-hydrogen) atoms. The predicted molar refractivity (Wildman–Crippen MR) is 142 cm³/mol. The predicted octanol–water partition coefficient (Wildman–Crippen LogP) is 3.99. The highest BCUT2D eigenvalue weighted by Crippen LogP contribution is 2.24. The van der Waals surface area contributed by atoms with Gasteiger partial charge in [0, 0.05) is 50.2 Å². The van der Waals surface area contributed by atoms with E-state index in [4.69, 9.17) is 11.3 Å². The number of anilines is 1. The summed E-state index contributed by atoms with van der Waals surface area (Å²) in [6, 6.07) is 14.1. The van der Waals surface area contributed by atoms with Crippen molar-refractivity contribution in [2.45, 2.75) is 6.54 Å². The minimum absolute atomic E-state index is 0.361. The van der Waals surface area contributed by atoms with Crippen LogP contribution >= 0.6 is 0 Å². The first kappa shape index (κ1) is 24.0. The molecule has 5 aromatic rings. The van der Waals surface area contributed by atoms with E-state index in [1.165, 1.54) is 0 Å². The Morgan fingerprint density at radius 1 is 1.05 bits per heavy atom. The third-order valence-electron chi connectivity index (χ3n) is 5.93. The Balaban J connectivity index is 1.23. The lowest BCUT2D eigenvalue weighted by Crippen LogP contribution is -2.23. The highest BCUT2D eigenvalue weighted by atomic mass is 16.5. The van der Waals surface area contributed by atoms with Gasteiger partial charge in [0.05, 0.1) is 23.8 Å². The number of benzene rings is 1. The van der Waals surface area contributed by atoms with E-state index < -0.39 is 0 Å². The van der Waals surface area contributed by atoms with Crippen LogP contribution in [0.2, 0.25) is 0 Å². The summed E-state index contributed by atoms with van der Waals surface area (Å²) >= 11 is 0. The Labute approximate surface area is 215 Å². The number of hydrogen-bond donors (Lipinski definition) is 1. The highest BCUT2D eigenvalue weighted by molar-refractivity contribution is 5.64. The Kier molecular flexibility index (Phi) is 7.05. The molecule has 5 rings (SSSR count). The average molecular weight is 494 g/mol. The number of fused-ring (bicyclic) bond motifs is 1. The van der Waals surface area contributed by atoms with Crippen LogP contribution in [0.4, 0.5) is 5.82 Å². The second kappa shape index (κ2) is 10.9. The molecule has 0 spiro atoms. The van der Waals surface area contributed by atoms with Crippen LogP contribution in [0.3, 0.4) is 0 Å². The van der Waals surface area contributed by atoms with Gasteiger partial charge in [-0.2, -0.15) is 5.10 Å². The minimum atomic E-state index is 0.361. The molecule has 0 saturated heterocycles. The van der Waals surface area contributed by atoms with Gasteiger partial charge in [-0.15, -0.1) is 0 Å². The summed E-state index contributed by atoms with van der Waals surface area (Å²) in [5, 5.41) is 7.62. The summed E-state index contributed by atoms with van der Waals surface area (Å²) in [6.07, 6.45) is 9.14. The summed E-state index contributed by atoms with van der Waals surface area (Å²) in [4.78, 5) is 18.7. The van der Waals surface area contributed by atoms with Crippen LogP contribution in [0, 0.1) is 6.57 Å². The van der Waals surface area contributed by atoms with Crippen LogP contribution in [-0.2, 0) is 13.6 Å². The second-order valence-corrected chi connectivity index (χ2v) is 8.70. The van der Waals surface area contributed by atoms with Crippen LogP contribution in [0.25, 0.3) is 33.0 Å². The fraction of sp³-hybridized carbons (Fsp3) is 0.222. The molecule has 0 fully saturated rings. The van der Waals surface area contributed by atoms with Gasteiger partial charge in [0.2, 0.25) is 0 Å². The van der Waals surface area contributed by atoms with Crippen molar-refractivity contribution in [1.82, 2.24) is 34.0 Å². The van der Waals surface area contributed by atoms with Crippen LogP contribution in [0.5, 0.6) is 5.75 Å². The molecule has 1 N–H and O–H groups in total. The number of nitrogens with one attached hydrogen (secondary N) is 1. The van der Waals surface area contributed by atoms with Gasteiger partial charge in [-0.25, -0.2) is 26.4 Å². The molecule has 186 valence electrons. The smallest absolute Gasteiger partial charge is 0.270 e. The summed E-state index contributed by atoms with van der Waals surface area (Å²) in [6.45, 7) is 9.11. The maximum atomic E-state index is 6.92. The Morgan fingerprint density at radius 3 is 2.70 bits per heavy atom. The quantitative estimate of drug-likeness (QED) is 0.294. The number of ether oxygens (including phenoxy) is 1. The number of rotatable bonds is 10. The molecule has 1 aromatic carbocycles. The Hall–Kier alpha value is -4.75. The van der Waals surface area contributed by atoms with Gasteiger partial charge in [-0.1, -0.05) is 24.3 Å². The van der Waals surface area contributed by atoms with Crippen molar-refractivity contribution < 1.29 is 4.74 Å².